The van der Waals surface area contributed by atoms with Crippen LogP contribution >= 0.6 is 0 Å². The standard InChI is InChI=1S/C16H15F2N3O3/c1-9-3-2-6-21(13(9)22)8-16(14(23)19-15(24)20-16)10-4-5-11(17)12(18)7-10/h2-7,14,23H,8H2,1H3,(H2,19,20,24). The first-order valence-corrected chi connectivity index (χ1v) is 7.22. The first-order chi connectivity index (χ1) is 11.3. The van der Waals surface area contributed by atoms with Crippen LogP contribution in [-0.4, -0.2) is 21.9 Å². The van der Waals surface area contributed by atoms with Gasteiger partial charge < -0.3 is 20.3 Å². The van der Waals surface area contributed by atoms with Crippen molar-refractivity contribution in [3.8, 4) is 0 Å². The Bertz CT molecular complexity index is 868. The highest BCUT2D eigenvalue weighted by Gasteiger charge is 2.48. The Balaban J connectivity index is 2.13. The van der Waals surface area contributed by atoms with Crippen LogP contribution in [0.3, 0.4) is 0 Å². The number of nitrogens with one attached hydrogen (secondary N) is 2. The van der Waals surface area contributed by atoms with Crippen molar-refractivity contribution in [3.05, 3.63) is 69.6 Å². The monoisotopic (exact) mass is 335 g/mol. The van der Waals surface area contributed by atoms with Gasteiger partial charge in [-0.15, -0.1) is 0 Å². The predicted octanol–water partition coefficient (Wildman–Crippen LogP) is 0.962. The summed E-state index contributed by atoms with van der Waals surface area (Å²) in [5, 5.41) is 15.1. The second-order valence-electron chi connectivity index (χ2n) is 5.73. The van der Waals surface area contributed by atoms with Gasteiger partial charge in [0.1, 0.15) is 5.54 Å². The molecule has 8 heteroatoms. The summed E-state index contributed by atoms with van der Waals surface area (Å²) in [6.45, 7) is 1.48. The molecule has 24 heavy (non-hydrogen) atoms. The van der Waals surface area contributed by atoms with E-state index in [1.165, 1.54) is 16.8 Å². The molecule has 1 aromatic heterocycles. The maximum absolute atomic E-state index is 13.7. The molecule has 6 nitrogen and oxygen atoms in total. The van der Waals surface area contributed by atoms with Gasteiger partial charge in [0.15, 0.2) is 17.9 Å². The summed E-state index contributed by atoms with van der Waals surface area (Å²) in [5.41, 5.74) is -1.21. The molecule has 2 aromatic rings. The van der Waals surface area contributed by atoms with E-state index in [0.29, 0.717) is 5.56 Å². The number of aliphatic hydroxyl groups excluding tert-OH is 1. The minimum absolute atomic E-state index is 0.139. The minimum atomic E-state index is -1.51. The van der Waals surface area contributed by atoms with Crippen LogP contribution in [0.1, 0.15) is 11.1 Å². The fourth-order valence-electron chi connectivity index (χ4n) is 2.83. The number of urea groups is 1. The van der Waals surface area contributed by atoms with Crippen molar-refractivity contribution in [2.24, 2.45) is 0 Å². The van der Waals surface area contributed by atoms with Gasteiger partial charge in [0.2, 0.25) is 0 Å². The molecule has 1 fully saturated rings. The summed E-state index contributed by atoms with van der Waals surface area (Å²) >= 11 is 0. The van der Waals surface area contributed by atoms with E-state index in [1.54, 1.807) is 19.1 Å². The number of aromatic nitrogens is 1. The van der Waals surface area contributed by atoms with Crippen molar-refractivity contribution in [2.45, 2.75) is 25.2 Å². The molecule has 2 heterocycles. The molecule has 3 N–H and O–H groups in total. The van der Waals surface area contributed by atoms with Gasteiger partial charge in [0, 0.05) is 11.8 Å². The molecule has 0 saturated carbocycles. The van der Waals surface area contributed by atoms with Gasteiger partial charge in [0.05, 0.1) is 6.54 Å². The van der Waals surface area contributed by atoms with Crippen LogP contribution < -0.4 is 16.2 Å². The van der Waals surface area contributed by atoms with Gasteiger partial charge in [-0.1, -0.05) is 12.1 Å². The number of benzene rings is 1. The lowest BCUT2D eigenvalue weighted by Gasteiger charge is -2.32. The summed E-state index contributed by atoms with van der Waals surface area (Å²) in [4.78, 5) is 24.0. The largest absolute Gasteiger partial charge is 0.371 e. The Hall–Kier alpha value is -2.74. The van der Waals surface area contributed by atoms with E-state index in [0.717, 1.165) is 12.1 Å². The molecule has 3 rings (SSSR count). The zero-order valence-corrected chi connectivity index (χ0v) is 12.7. The molecule has 126 valence electrons. The predicted molar refractivity (Wildman–Crippen MR) is 81.1 cm³/mol. The number of aryl methyl sites for hydroxylation is 1. The average Bonchev–Trinajstić information content (AvgIpc) is 2.81. The van der Waals surface area contributed by atoms with E-state index in [-0.39, 0.29) is 17.7 Å². The maximum atomic E-state index is 13.7. The Kier molecular flexibility index (Phi) is 3.84. The number of aliphatic hydroxyl groups is 1. The van der Waals surface area contributed by atoms with Gasteiger partial charge >= 0.3 is 6.03 Å². The number of amides is 2. The van der Waals surface area contributed by atoms with Crippen molar-refractivity contribution in [1.82, 2.24) is 15.2 Å². The normalized spacial score (nSPS) is 23.0. The first kappa shape index (κ1) is 16.1. The fourth-order valence-corrected chi connectivity index (χ4v) is 2.83. The number of carbonyl (C=O) groups excluding carboxylic acids is 1. The Morgan fingerprint density at radius 1 is 1.25 bits per heavy atom. The molecule has 2 amide bonds. The van der Waals surface area contributed by atoms with Crippen LogP contribution in [0.4, 0.5) is 13.6 Å². The van der Waals surface area contributed by atoms with Crippen molar-refractivity contribution in [3.63, 3.8) is 0 Å². The second-order valence-corrected chi connectivity index (χ2v) is 5.73. The molecular weight excluding hydrogens is 320 g/mol. The second kappa shape index (κ2) is 5.72. The number of rotatable bonds is 3. The van der Waals surface area contributed by atoms with Gasteiger partial charge in [-0.25, -0.2) is 13.6 Å². The van der Waals surface area contributed by atoms with Crippen LogP contribution in [0.15, 0.2) is 41.3 Å². The third-order valence-corrected chi connectivity index (χ3v) is 4.14. The van der Waals surface area contributed by atoms with E-state index in [9.17, 15) is 23.5 Å². The average molecular weight is 335 g/mol. The summed E-state index contributed by atoms with van der Waals surface area (Å²) in [5.74, 6) is -2.16. The van der Waals surface area contributed by atoms with Gasteiger partial charge in [-0.05, 0) is 30.7 Å². The highest BCUT2D eigenvalue weighted by molar-refractivity contribution is 5.78. The zero-order chi connectivity index (χ0) is 17.5. The van der Waals surface area contributed by atoms with E-state index in [4.69, 9.17) is 0 Å². The number of hydrogen-bond donors (Lipinski definition) is 3. The van der Waals surface area contributed by atoms with E-state index in [1.807, 2.05) is 0 Å². The van der Waals surface area contributed by atoms with Crippen LogP contribution in [0, 0.1) is 18.6 Å². The molecule has 1 aromatic carbocycles. The molecule has 1 aliphatic heterocycles. The van der Waals surface area contributed by atoms with Crippen molar-refractivity contribution in [2.75, 3.05) is 0 Å². The third-order valence-electron chi connectivity index (χ3n) is 4.14. The molecule has 2 unspecified atom stereocenters. The molecule has 0 radical (unpaired) electrons. The van der Waals surface area contributed by atoms with Crippen LogP contribution in [0.25, 0.3) is 0 Å². The van der Waals surface area contributed by atoms with E-state index >= 15 is 0 Å². The van der Waals surface area contributed by atoms with Gasteiger partial charge in [0.25, 0.3) is 5.56 Å². The van der Waals surface area contributed by atoms with Crippen molar-refractivity contribution < 1.29 is 18.7 Å². The summed E-state index contributed by atoms with van der Waals surface area (Å²) < 4.78 is 28.2. The Morgan fingerprint density at radius 2 is 2.00 bits per heavy atom. The molecule has 1 saturated heterocycles. The number of pyridine rings is 1. The van der Waals surface area contributed by atoms with Crippen molar-refractivity contribution >= 4 is 6.03 Å². The number of halogens is 2. The summed E-state index contributed by atoms with van der Waals surface area (Å²) in [6, 6.07) is 5.66. The topological polar surface area (TPSA) is 83.4 Å². The maximum Gasteiger partial charge on any atom is 0.317 e. The number of hydrogen-bond acceptors (Lipinski definition) is 3. The minimum Gasteiger partial charge on any atom is -0.371 e. The van der Waals surface area contributed by atoms with E-state index < -0.39 is 29.4 Å². The SMILES string of the molecule is Cc1cccn(CC2(c3ccc(F)c(F)c3)NC(=O)NC2O)c1=O. The van der Waals surface area contributed by atoms with Crippen LogP contribution in [0.2, 0.25) is 0 Å². The molecule has 0 bridgehead atoms. The quantitative estimate of drug-likeness (QED) is 0.781. The zero-order valence-electron chi connectivity index (χ0n) is 12.7. The highest BCUT2D eigenvalue weighted by Crippen LogP contribution is 2.30. The Morgan fingerprint density at radius 3 is 2.62 bits per heavy atom. The van der Waals surface area contributed by atoms with Crippen molar-refractivity contribution in [1.29, 1.82) is 0 Å². The first-order valence-electron chi connectivity index (χ1n) is 7.22. The number of nitrogens with zero attached hydrogens (tertiary/aromatic N) is 1. The third kappa shape index (κ3) is 2.54. The molecule has 0 aliphatic carbocycles. The number of carbonyl (C=O) groups is 1. The molecule has 0 spiro atoms. The fraction of sp³-hybridized carbons (Fsp3) is 0.250. The highest BCUT2D eigenvalue weighted by atomic mass is 19.2. The van der Waals surface area contributed by atoms with Gasteiger partial charge in [-0.3, -0.25) is 4.79 Å². The summed E-state index contributed by atoms with van der Waals surface area (Å²) in [6.07, 6.45) is 0.0658. The molecular formula is C16H15F2N3O3. The van der Waals surface area contributed by atoms with Gasteiger partial charge in [-0.2, -0.15) is 0 Å². The van der Waals surface area contributed by atoms with Crippen LogP contribution in [-0.2, 0) is 12.1 Å². The lowest BCUT2D eigenvalue weighted by Crippen LogP contribution is -2.51. The Labute approximate surface area is 135 Å². The lowest BCUT2D eigenvalue weighted by atomic mass is 9.88. The van der Waals surface area contributed by atoms with Crippen LogP contribution in [0.5, 0.6) is 0 Å². The molecule has 2 atom stereocenters. The molecule has 1 aliphatic rings. The lowest BCUT2D eigenvalue weighted by molar-refractivity contribution is 0.0673. The summed E-state index contributed by atoms with van der Waals surface area (Å²) in [7, 11) is 0. The smallest absolute Gasteiger partial charge is 0.317 e. The van der Waals surface area contributed by atoms with E-state index in [2.05, 4.69) is 10.6 Å².